The number of likely N-dealkylation sites (tertiary alicyclic amines) is 1. The second kappa shape index (κ2) is 18.1. The lowest BCUT2D eigenvalue weighted by atomic mass is 10.0. The van der Waals surface area contributed by atoms with Gasteiger partial charge in [0.15, 0.2) is 0 Å². The Bertz CT molecular complexity index is 1420. The first-order chi connectivity index (χ1) is 22.7. The zero-order valence-electron chi connectivity index (χ0n) is 27.9. The Labute approximate surface area is 278 Å². The standard InChI is InChI=1S/C37H49N5O5/c1-4-5-11-23-41(42(36(45)28-39(2)3)27-29-16-18-31(43)19-17-29)35(44)22-26-40-24-20-32(21-25-40)47-37(46)38-34-15-10-9-14-33(34)30-12-7-6-8-13-30/h6-10,12-19,32,43H,4-5,11,20-28H2,1-3H3,(H,38,46). The Morgan fingerprint density at radius 1 is 0.872 bits per heavy atom. The van der Waals surface area contributed by atoms with E-state index in [-0.39, 0.29) is 43.2 Å². The quantitative estimate of drug-likeness (QED) is 0.164. The summed E-state index contributed by atoms with van der Waals surface area (Å²) >= 11 is 0. The number of carbonyl (C=O) groups is 3. The van der Waals surface area contributed by atoms with Crippen molar-refractivity contribution in [3.8, 4) is 16.9 Å². The summed E-state index contributed by atoms with van der Waals surface area (Å²) in [7, 11) is 3.67. The van der Waals surface area contributed by atoms with Crippen LogP contribution in [0.15, 0.2) is 78.9 Å². The Balaban J connectivity index is 1.31. The normalized spacial score (nSPS) is 13.7. The highest BCUT2D eigenvalue weighted by Crippen LogP contribution is 2.28. The van der Waals surface area contributed by atoms with Gasteiger partial charge in [0.05, 0.1) is 18.8 Å². The van der Waals surface area contributed by atoms with Gasteiger partial charge in [-0.25, -0.2) is 9.80 Å². The number of para-hydroxylation sites is 1. The molecule has 10 nitrogen and oxygen atoms in total. The lowest BCUT2D eigenvalue weighted by Crippen LogP contribution is -2.52. The second-order valence-electron chi connectivity index (χ2n) is 12.3. The van der Waals surface area contributed by atoms with Gasteiger partial charge in [-0.3, -0.25) is 19.9 Å². The van der Waals surface area contributed by atoms with E-state index < -0.39 is 6.09 Å². The summed E-state index contributed by atoms with van der Waals surface area (Å²) < 4.78 is 5.79. The first-order valence-electron chi connectivity index (χ1n) is 16.6. The van der Waals surface area contributed by atoms with Crippen LogP contribution in [0.25, 0.3) is 11.1 Å². The number of ether oxygens (including phenoxy) is 1. The van der Waals surface area contributed by atoms with Gasteiger partial charge in [-0.2, -0.15) is 0 Å². The number of nitrogens with one attached hydrogen (secondary N) is 1. The number of unbranched alkanes of at least 4 members (excludes halogenated alkanes) is 2. The number of nitrogens with zero attached hydrogens (tertiary/aromatic N) is 4. The molecule has 3 amide bonds. The Morgan fingerprint density at radius 2 is 1.55 bits per heavy atom. The molecule has 3 aromatic carbocycles. The number of amides is 3. The highest BCUT2D eigenvalue weighted by atomic mass is 16.6. The average molecular weight is 644 g/mol. The Morgan fingerprint density at radius 3 is 2.23 bits per heavy atom. The van der Waals surface area contributed by atoms with E-state index in [0.717, 1.165) is 36.0 Å². The largest absolute Gasteiger partial charge is 0.508 e. The molecule has 1 aliphatic heterocycles. The number of hydrazine groups is 1. The molecule has 1 aliphatic rings. The molecular weight excluding hydrogens is 594 g/mol. The fourth-order valence-corrected chi connectivity index (χ4v) is 5.71. The summed E-state index contributed by atoms with van der Waals surface area (Å²) in [4.78, 5) is 44.0. The van der Waals surface area contributed by atoms with Crippen molar-refractivity contribution >= 4 is 23.6 Å². The molecular formula is C37H49N5O5. The smallest absolute Gasteiger partial charge is 0.411 e. The molecule has 0 aliphatic carbocycles. The summed E-state index contributed by atoms with van der Waals surface area (Å²) in [6.45, 7) is 4.96. The summed E-state index contributed by atoms with van der Waals surface area (Å²) in [5.41, 5.74) is 3.48. The van der Waals surface area contributed by atoms with Crippen LogP contribution in [0.1, 0.15) is 51.0 Å². The van der Waals surface area contributed by atoms with Crippen LogP contribution in [0.5, 0.6) is 5.75 Å². The molecule has 0 atom stereocenters. The van der Waals surface area contributed by atoms with Gasteiger partial charge >= 0.3 is 6.09 Å². The van der Waals surface area contributed by atoms with Gasteiger partial charge in [0.2, 0.25) is 5.91 Å². The van der Waals surface area contributed by atoms with Gasteiger partial charge in [0.25, 0.3) is 5.91 Å². The SMILES string of the molecule is CCCCCN(C(=O)CCN1CCC(OC(=O)Nc2ccccc2-c2ccccc2)CC1)N(Cc1ccc(O)cc1)C(=O)CN(C)C. The summed E-state index contributed by atoms with van der Waals surface area (Å²) in [5.74, 6) is -0.101. The molecule has 4 rings (SSSR count). The van der Waals surface area contributed by atoms with Gasteiger partial charge in [0.1, 0.15) is 11.9 Å². The zero-order chi connectivity index (χ0) is 33.6. The van der Waals surface area contributed by atoms with Crippen molar-refractivity contribution in [1.29, 1.82) is 0 Å². The highest BCUT2D eigenvalue weighted by molar-refractivity contribution is 5.91. The lowest BCUT2D eigenvalue weighted by Gasteiger charge is -2.37. The average Bonchev–Trinajstić information content (AvgIpc) is 3.06. The predicted octanol–water partition coefficient (Wildman–Crippen LogP) is 5.99. The molecule has 0 saturated carbocycles. The Hall–Kier alpha value is -4.41. The van der Waals surface area contributed by atoms with E-state index in [0.29, 0.717) is 44.7 Å². The molecule has 0 unspecified atom stereocenters. The predicted molar refractivity (Wildman–Crippen MR) is 185 cm³/mol. The van der Waals surface area contributed by atoms with Crippen LogP contribution < -0.4 is 5.32 Å². The van der Waals surface area contributed by atoms with Crippen LogP contribution in [0.2, 0.25) is 0 Å². The molecule has 0 bridgehead atoms. The summed E-state index contributed by atoms with van der Waals surface area (Å²) in [6, 6.07) is 24.3. The van der Waals surface area contributed by atoms with Crippen molar-refractivity contribution in [3.05, 3.63) is 84.4 Å². The van der Waals surface area contributed by atoms with Crippen LogP contribution in [0.4, 0.5) is 10.5 Å². The monoisotopic (exact) mass is 643 g/mol. The molecule has 252 valence electrons. The van der Waals surface area contributed by atoms with E-state index in [2.05, 4.69) is 17.1 Å². The van der Waals surface area contributed by atoms with E-state index >= 15 is 0 Å². The number of hydrogen-bond donors (Lipinski definition) is 2. The molecule has 1 saturated heterocycles. The third-order valence-electron chi connectivity index (χ3n) is 8.26. The third-order valence-corrected chi connectivity index (χ3v) is 8.26. The first kappa shape index (κ1) is 35.4. The van der Waals surface area contributed by atoms with Crippen molar-refractivity contribution in [1.82, 2.24) is 19.8 Å². The number of benzene rings is 3. The minimum absolute atomic E-state index is 0.0955. The number of anilines is 1. The first-order valence-corrected chi connectivity index (χ1v) is 16.6. The minimum Gasteiger partial charge on any atom is -0.508 e. The number of phenolic OH excluding ortho intramolecular Hbond substituents is 1. The van der Waals surface area contributed by atoms with Crippen LogP contribution in [-0.2, 0) is 20.9 Å². The Kier molecular flexibility index (Phi) is 13.6. The summed E-state index contributed by atoms with van der Waals surface area (Å²) in [5, 5.41) is 15.9. The number of rotatable bonds is 14. The number of phenols is 1. The van der Waals surface area contributed by atoms with Gasteiger partial charge in [-0.15, -0.1) is 0 Å². The van der Waals surface area contributed by atoms with Crippen molar-refractivity contribution in [2.24, 2.45) is 0 Å². The number of likely N-dealkylation sites (N-methyl/N-ethyl adjacent to an activating group) is 1. The molecule has 3 aromatic rings. The highest BCUT2D eigenvalue weighted by Gasteiger charge is 2.28. The van der Waals surface area contributed by atoms with Gasteiger partial charge in [-0.1, -0.05) is 80.4 Å². The third kappa shape index (κ3) is 11.1. The molecule has 47 heavy (non-hydrogen) atoms. The second-order valence-corrected chi connectivity index (χ2v) is 12.3. The van der Waals surface area contributed by atoms with E-state index in [1.54, 1.807) is 39.2 Å². The van der Waals surface area contributed by atoms with Crippen LogP contribution >= 0.6 is 0 Å². The number of aromatic hydroxyl groups is 1. The van der Waals surface area contributed by atoms with Crippen LogP contribution in [-0.4, -0.2) is 95.8 Å². The minimum atomic E-state index is -0.471. The van der Waals surface area contributed by atoms with Crippen LogP contribution in [0, 0.1) is 0 Å². The van der Waals surface area contributed by atoms with Crippen molar-refractivity contribution in [3.63, 3.8) is 0 Å². The molecule has 1 fully saturated rings. The number of hydrogen-bond acceptors (Lipinski definition) is 7. The van der Waals surface area contributed by atoms with Gasteiger partial charge < -0.3 is 19.6 Å². The van der Waals surface area contributed by atoms with E-state index in [1.165, 1.54) is 0 Å². The maximum absolute atomic E-state index is 13.7. The number of carbonyl (C=O) groups excluding carboxylic acids is 3. The fraction of sp³-hybridized carbons (Fsp3) is 0.432. The molecule has 0 spiro atoms. The molecule has 10 heteroatoms. The molecule has 0 radical (unpaired) electrons. The van der Waals surface area contributed by atoms with Crippen molar-refractivity contribution < 1.29 is 24.2 Å². The van der Waals surface area contributed by atoms with Gasteiger partial charge in [-0.05, 0) is 62.7 Å². The van der Waals surface area contributed by atoms with Crippen molar-refractivity contribution in [2.75, 3.05) is 52.1 Å². The summed E-state index contributed by atoms with van der Waals surface area (Å²) in [6.07, 6.45) is 3.70. The maximum Gasteiger partial charge on any atom is 0.411 e. The van der Waals surface area contributed by atoms with Crippen molar-refractivity contribution in [2.45, 2.75) is 58.1 Å². The maximum atomic E-state index is 13.7. The topological polar surface area (TPSA) is 106 Å². The van der Waals surface area contributed by atoms with E-state index in [9.17, 15) is 19.5 Å². The molecule has 2 N–H and O–H groups in total. The lowest BCUT2D eigenvalue weighted by molar-refractivity contribution is -0.166. The van der Waals surface area contributed by atoms with E-state index in [1.807, 2.05) is 68.7 Å². The zero-order valence-corrected chi connectivity index (χ0v) is 27.9. The fourth-order valence-electron chi connectivity index (χ4n) is 5.71. The van der Waals surface area contributed by atoms with E-state index in [4.69, 9.17) is 4.74 Å². The number of piperidine rings is 1. The molecule has 1 heterocycles. The van der Waals surface area contributed by atoms with Crippen LogP contribution in [0.3, 0.4) is 0 Å². The van der Waals surface area contributed by atoms with Gasteiger partial charge in [0, 0.05) is 38.2 Å². The molecule has 0 aromatic heterocycles.